The lowest BCUT2D eigenvalue weighted by Crippen LogP contribution is -2.53. The summed E-state index contributed by atoms with van der Waals surface area (Å²) in [5.74, 6) is 0.317. The molecular formula is C24H22Cl2N4O3. The largest absolute Gasteiger partial charge is 0.355 e. The topological polar surface area (TPSA) is 87.5 Å². The van der Waals surface area contributed by atoms with E-state index >= 15 is 0 Å². The molecule has 2 aliphatic heterocycles. The molecule has 2 saturated heterocycles. The number of anilines is 1. The second kappa shape index (κ2) is 9.08. The Morgan fingerprint density at radius 3 is 2.48 bits per heavy atom. The monoisotopic (exact) mass is 484 g/mol. The van der Waals surface area contributed by atoms with E-state index in [1.807, 2.05) is 23.1 Å². The Morgan fingerprint density at radius 1 is 1.00 bits per heavy atom. The van der Waals surface area contributed by atoms with E-state index in [1.165, 1.54) is 0 Å². The summed E-state index contributed by atoms with van der Waals surface area (Å²) in [6.07, 6.45) is 3.19. The number of halogens is 2. The van der Waals surface area contributed by atoms with Gasteiger partial charge in [-0.05, 0) is 56.0 Å². The molecule has 2 aliphatic rings. The van der Waals surface area contributed by atoms with Gasteiger partial charge in [0.25, 0.3) is 5.91 Å². The van der Waals surface area contributed by atoms with Crippen LogP contribution in [0.25, 0.3) is 11.3 Å². The number of benzene rings is 2. The van der Waals surface area contributed by atoms with Gasteiger partial charge in [-0.25, -0.2) is 4.79 Å². The van der Waals surface area contributed by atoms with Gasteiger partial charge in [-0.15, -0.1) is 0 Å². The Labute approximate surface area is 201 Å². The van der Waals surface area contributed by atoms with Crippen molar-refractivity contribution in [2.75, 3.05) is 5.32 Å². The van der Waals surface area contributed by atoms with Crippen LogP contribution in [-0.2, 0) is 0 Å². The summed E-state index contributed by atoms with van der Waals surface area (Å²) in [7, 11) is 0. The molecule has 2 N–H and O–H groups in total. The van der Waals surface area contributed by atoms with Crippen molar-refractivity contribution in [1.29, 1.82) is 0 Å². The quantitative estimate of drug-likeness (QED) is 0.503. The zero-order valence-electron chi connectivity index (χ0n) is 17.6. The van der Waals surface area contributed by atoms with Gasteiger partial charge in [0.15, 0.2) is 11.5 Å². The van der Waals surface area contributed by atoms with Crippen molar-refractivity contribution in [2.45, 2.75) is 43.8 Å². The van der Waals surface area contributed by atoms with Gasteiger partial charge in [0.2, 0.25) is 0 Å². The summed E-state index contributed by atoms with van der Waals surface area (Å²) in [4.78, 5) is 27.6. The lowest BCUT2D eigenvalue weighted by Gasteiger charge is -2.38. The number of amides is 3. The maximum absolute atomic E-state index is 13.3. The number of carbonyl (C=O) groups is 2. The van der Waals surface area contributed by atoms with Gasteiger partial charge in [-0.2, -0.15) is 0 Å². The molecule has 170 valence electrons. The van der Waals surface area contributed by atoms with Crippen LogP contribution in [0.4, 0.5) is 10.5 Å². The number of aromatic nitrogens is 1. The van der Waals surface area contributed by atoms with Crippen LogP contribution in [0.1, 0.15) is 36.2 Å². The number of nitrogens with one attached hydrogen (secondary N) is 2. The molecule has 7 nitrogen and oxygen atoms in total. The average Bonchev–Trinajstić information content (AvgIpc) is 3.37. The summed E-state index contributed by atoms with van der Waals surface area (Å²) in [6, 6.07) is 15.7. The maximum Gasteiger partial charge on any atom is 0.319 e. The first-order valence-electron chi connectivity index (χ1n) is 10.9. The summed E-state index contributed by atoms with van der Waals surface area (Å²) in [5.41, 5.74) is 1.60. The Balaban J connectivity index is 1.23. The normalized spacial score (nSPS) is 21.6. The molecule has 0 saturated carbocycles. The van der Waals surface area contributed by atoms with Crippen LogP contribution in [0, 0.1) is 0 Å². The van der Waals surface area contributed by atoms with Crippen molar-refractivity contribution < 1.29 is 14.1 Å². The molecular weight excluding hydrogens is 463 g/mol. The predicted molar refractivity (Wildman–Crippen MR) is 127 cm³/mol. The third-order valence-electron chi connectivity index (χ3n) is 6.25. The smallest absolute Gasteiger partial charge is 0.319 e. The number of hydrogen-bond donors (Lipinski definition) is 2. The predicted octanol–water partition coefficient (Wildman–Crippen LogP) is 5.61. The fourth-order valence-corrected chi connectivity index (χ4v) is 5.26. The highest BCUT2D eigenvalue weighted by atomic mass is 35.5. The van der Waals surface area contributed by atoms with Crippen LogP contribution in [0.2, 0.25) is 10.0 Å². The molecule has 9 heteroatoms. The van der Waals surface area contributed by atoms with Crippen molar-refractivity contribution in [3.05, 3.63) is 70.3 Å². The number of hydrogen-bond acceptors (Lipinski definition) is 4. The number of urea groups is 1. The van der Waals surface area contributed by atoms with E-state index in [4.69, 9.17) is 27.7 Å². The van der Waals surface area contributed by atoms with Gasteiger partial charge in [-0.3, -0.25) is 4.79 Å². The van der Waals surface area contributed by atoms with Gasteiger partial charge in [-0.1, -0.05) is 46.6 Å². The molecule has 3 heterocycles. The minimum atomic E-state index is -0.276. The SMILES string of the molecule is O=C(Nc1cccc(Cl)c1)NC1CC2CCC(C1)N2C(=O)c1cc(-c2ccccc2Cl)on1. The summed E-state index contributed by atoms with van der Waals surface area (Å²) >= 11 is 12.2. The number of fused-ring (bicyclic) bond motifs is 2. The van der Waals surface area contributed by atoms with Crippen molar-refractivity contribution in [2.24, 2.45) is 0 Å². The molecule has 5 rings (SSSR count). The van der Waals surface area contributed by atoms with Gasteiger partial charge in [0.05, 0.1) is 5.02 Å². The number of carbonyl (C=O) groups excluding carboxylic acids is 2. The Kier molecular flexibility index (Phi) is 6.00. The lowest BCUT2D eigenvalue weighted by atomic mass is 9.97. The molecule has 2 unspecified atom stereocenters. The van der Waals surface area contributed by atoms with Crippen LogP contribution in [-0.4, -0.2) is 40.1 Å². The molecule has 2 atom stereocenters. The average molecular weight is 485 g/mol. The third kappa shape index (κ3) is 4.56. The van der Waals surface area contributed by atoms with Gasteiger partial charge < -0.3 is 20.1 Å². The summed E-state index contributed by atoms with van der Waals surface area (Å²) in [6.45, 7) is 0. The lowest BCUT2D eigenvalue weighted by molar-refractivity contribution is 0.0552. The van der Waals surface area contributed by atoms with Crippen LogP contribution in [0.3, 0.4) is 0 Å². The Morgan fingerprint density at radius 2 is 1.76 bits per heavy atom. The molecule has 0 radical (unpaired) electrons. The second-order valence-corrected chi connectivity index (χ2v) is 9.27. The van der Waals surface area contributed by atoms with E-state index < -0.39 is 0 Å². The van der Waals surface area contributed by atoms with Crippen molar-refractivity contribution in [3.8, 4) is 11.3 Å². The van der Waals surface area contributed by atoms with Gasteiger partial charge in [0.1, 0.15) is 0 Å². The third-order valence-corrected chi connectivity index (χ3v) is 6.82. The Bertz CT molecular complexity index is 1180. The molecule has 2 fully saturated rings. The number of nitrogens with zero attached hydrogens (tertiary/aromatic N) is 2. The molecule has 2 bridgehead atoms. The zero-order valence-corrected chi connectivity index (χ0v) is 19.1. The first kappa shape index (κ1) is 21.8. The van der Waals surface area contributed by atoms with Gasteiger partial charge in [0, 0.05) is 40.5 Å². The van der Waals surface area contributed by atoms with Crippen LogP contribution >= 0.6 is 23.2 Å². The fraction of sp³-hybridized carbons (Fsp3) is 0.292. The molecule has 2 aromatic carbocycles. The Hall–Kier alpha value is -3.03. The van der Waals surface area contributed by atoms with Crippen LogP contribution in [0.5, 0.6) is 0 Å². The molecule has 1 aromatic heterocycles. The van der Waals surface area contributed by atoms with Crippen molar-refractivity contribution in [1.82, 2.24) is 15.4 Å². The van der Waals surface area contributed by atoms with Crippen molar-refractivity contribution in [3.63, 3.8) is 0 Å². The van der Waals surface area contributed by atoms with E-state index in [1.54, 1.807) is 36.4 Å². The maximum atomic E-state index is 13.3. The van der Waals surface area contributed by atoms with E-state index in [2.05, 4.69) is 15.8 Å². The highest BCUT2D eigenvalue weighted by Gasteiger charge is 2.44. The van der Waals surface area contributed by atoms with E-state index in [0.29, 0.717) is 39.9 Å². The molecule has 3 amide bonds. The number of piperidine rings is 1. The molecule has 0 spiro atoms. The second-order valence-electron chi connectivity index (χ2n) is 8.43. The minimum Gasteiger partial charge on any atom is -0.355 e. The van der Waals surface area contributed by atoms with E-state index in [-0.39, 0.29) is 35.8 Å². The minimum absolute atomic E-state index is 0.0123. The molecule has 0 aliphatic carbocycles. The van der Waals surface area contributed by atoms with Crippen LogP contribution < -0.4 is 10.6 Å². The number of rotatable bonds is 4. The van der Waals surface area contributed by atoms with E-state index in [9.17, 15) is 9.59 Å². The standard InChI is InChI=1S/C24H22Cl2N4O3/c25-14-4-3-5-15(10-14)27-24(32)28-16-11-17-8-9-18(12-16)30(17)23(31)21-13-22(33-29-21)19-6-1-2-7-20(19)26/h1-7,10,13,16-18H,8-9,11-12H2,(H2,27,28,32). The summed E-state index contributed by atoms with van der Waals surface area (Å²) in [5, 5.41) is 11.0. The van der Waals surface area contributed by atoms with Gasteiger partial charge >= 0.3 is 6.03 Å². The zero-order chi connectivity index (χ0) is 22.9. The van der Waals surface area contributed by atoms with Crippen LogP contribution in [0.15, 0.2) is 59.1 Å². The summed E-state index contributed by atoms with van der Waals surface area (Å²) < 4.78 is 5.42. The first-order valence-corrected chi connectivity index (χ1v) is 11.6. The fourth-order valence-electron chi connectivity index (χ4n) is 4.84. The highest BCUT2D eigenvalue weighted by Crippen LogP contribution is 2.37. The highest BCUT2D eigenvalue weighted by molar-refractivity contribution is 6.33. The molecule has 33 heavy (non-hydrogen) atoms. The molecule has 3 aromatic rings. The van der Waals surface area contributed by atoms with Crippen molar-refractivity contribution >= 4 is 40.8 Å². The first-order chi connectivity index (χ1) is 16.0. The van der Waals surface area contributed by atoms with E-state index in [0.717, 1.165) is 12.8 Å².